The molecule has 1 amide bonds. The maximum absolute atomic E-state index is 12.7. The summed E-state index contributed by atoms with van der Waals surface area (Å²) in [4.78, 5) is 14.5. The predicted molar refractivity (Wildman–Crippen MR) is 93.8 cm³/mol. The number of ether oxygens (including phenoxy) is 2. The number of hydrogen-bond donors (Lipinski definition) is 0. The lowest BCUT2D eigenvalue weighted by molar-refractivity contribution is -0.00196. The predicted octanol–water partition coefficient (Wildman–Crippen LogP) is 1.75. The zero-order valence-corrected chi connectivity index (χ0v) is 14.9. The molecule has 1 aromatic heterocycles. The van der Waals surface area contributed by atoms with Crippen molar-refractivity contribution in [3.05, 3.63) is 41.2 Å². The Hall–Kier alpha value is -2.06. The Morgan fingerprint density at radius 3 is 2.76 bits per heavy atom. The van der Waals surface area contributed by atoms with Crippen molar-refractivity contribution in [1.29, 1.82) is 0 Å². The summed E-state index contributed by atoms with van der Waals surface area (Å²) in [7, 11) is 1.65. The second kappa shape index (κ2) is 7.05. The standard InChI is InChI=1S/C17H20N4O3S/c1-23-13-4-2-12(3-5-13)15-10-21-14(11-24-15)16(18-19-21)17(22)20-6-8-25-9-7-20/h2-5,15H,6-11H2,1H3/t15-/m1/s1. The summed E-state index contributed by atoms with van der Waals surface area (Å²) in [6, 6.07) is 7.81. The molecular formula is C17H20N4O3S. The topological polar surface area (TPSA) is 69.5 Å². The van der Waals surface area contributed by atoms with E-state index in [0.29, 0.717) is 18.8 Å². The van der Waals surface area contributed by atoms with Gasteiger partial charge in [-0.05, 0) is 17.7 Å². The van der Waals surface area contributed by atoms with E-state index in [2.05, 4.69) is 10.3 Å². The fourth-order valence-corrected chi connectivity index (χ4v) is 4.02. The molecule has 0 unspecified atom stereocenters. The van der Waals surface area contributed by atoms with Gasteiger partial charge in [0.2, 0.25) is 0 Å². The number of amides is 1. The van der Waals surface area contributed by atoms with Crippen molar-refractivity contribution in [2.24, 2.45) is 0 Å². The lowest BCUT2D eigenvalue weighted by atomic mass is 10.1. The van der Waals surface area contributed by atoms with Crippen molar-refractivity contribution in [3.63, 3.8) is 0 Å². The van der Waals surface area contributed by atoms with Crippen molar-refractivity contribution in [3.8, 4) is 5.75 Å². The third kappa shape index (κ3) is 3.23. The van der Waals surface area contributed by atoms with Crippen molar-refractivity contribution in [1.82, 2.24) is 19.9 Å². The number of nitrogens with zero attached hydrogens (tertiary/aromatic N) is 4. The van der Waals surface area contributed by atoms with Crippen LogP contribution in [0.25, 0.3) is 0 Å². The molecule has 25 heavy (non-hydrogen) atoms. The van der Waals surface area contributed by atoms with E-state index in [1.165, 1.54) is 0 Å². The molecule has 2 aliphatic rings. The minimum absolute atomic E-state index is 0.0342. The molecule has 0 radical (unpaired) electrons. The second-order valence-electron chi connectivity index (χ2n) is 6.04. The van der Waals surface area contributed by atoms with E-state index in [0.717, 1.165) is 41.6 Å². The molecular weight excluding hydrogens is 340 g/mol. The van der Waals surface area contributed by atoms with Crippen LogP contribution in [0.1, 0.15) is 27.8 Å². The maximum atomic E-state index is 12.7. The first-order valence-electron chi connectivity index (χ1n) is 8.31. The van der Waals surface area contributed by atoms with Crippen molar-refractivity contribution < 1.29 is 14.3 Å². The Labute approximate surface area is 150 Å². The van der Waals surface area contributed by atoms with Gasteiger partial charge >= 0.3 is 0 Å². The Bertz CT molecular complexity index is 756. The third-order valence-corrected chi connectivity index (χ3v) is 5.53. The fourth-order valence-electron chi connectivity index (χ4n) is 3.11. The SMILES string of the molecule is COc1ccc([C@H]2Cn3nnc(C(=O)N4CCSCC4)c3CO2)cc1. The van der Waals surface area contributed by atoms with Crippen LogP contribution >= 0.6 is 11.8 Å². The third-order valence-electron chi connectivity index (χ3n) is 4.59. The summed E-state index contributed by atoms with van der Waals surface area (Å²) in [6.45, 7) is 2.43. The molecule has 0 bridgehead atoms. The van der Waals surface area contributed by atoms with E-state index in [-0.39, 0.29) is 12.0 Å². The molecule has 1 aromatic carbocycles. The van der Waals surface area contributed by atoms with Crippen LogP contribution in [0.4, 0.5) is 0 Å². The Morgan fingerprint density at radius 1 is 1.28 bits per heavy atom. The molecule has 0 N–H and O–H groups in total. The summed E-state index contributed by atoms with van der Waals surface area (Å²) in [5, 5.41) is 8.33. The monoisotopic (exact) mass is 360 g/mol. The van der Waals surface area contributed by atoms with Crippen LogP contribution < -0.4 is 4.74 Å². The van der Waals surface area contributed by atoms with Crippen LogP contribution in [0, 0.1) is 0 Å². The number of benzene rings is 1. The molecule has 0 saturated carbocycles. The van der Waals surface area contributed by atoms with Gasteiger partial charge in [-0.2, -0.15) is 11.8 Å². The van der Waals surface area contributed by atoms with Crippen LogP contribution in [0.15, 0.2) is 24.3 Å². The molecule has 1 saturated heterocycles. The van der Waals surface area contributed by atoms with Crippen LogP contribution in [0.5, 0.6) is 5.75 Å². The van der Waals surface area contributed by atoms with Gasteiger partial charge in [0.25, 0.3) is 5.91 Å². The molecule has 2 aromatic rings. The van der Waals surface area contributed by atoms with Gasteiger partial charge in [-0.25, -0.2) is 4.68 Å². The summed E-state index contributed by atoms with van der Waals surface area (Å²) in [5.41, 5.74) is 2.26. The Balaban J connectivity index is 1.50. The highest BCUT2D eigenvalue weighted by Crippen LogP contribution is 2.28. The van der Waals surface area contributed by atoms with E-state index in [9.17, 15) is 4.79 Å². The van der Waals surface area contributed by atoms with E-state index >= 15 is 0 Å². The zero-order chi connectivity index (χ0) is 17.2. The number of fused-ring (bicyclic) bond motifs is 1. The van der Waals surface area contributed by atoms with Crippen molar-refractivity contribution in [2.45, 2.75) is 19.3 Å². The van der Waals surface area contributed by atoms with Crippen LogP contribution in [0.3, 0.4) is 0 Å². The van der Waals surface area contributed by atoms with Crippen LogP contribution in [0.2, 0.25) is 0 Å². The van der Waals surface area contributed by atoms with Gasteiger partial charge in [0, 0.05) is 24.6 Å². The maximum Gasteiger partial charge on any atom is 0.276 e. The lowest BCUT2D eigenvalue weighted by Crippen LogP contribution is -2.38. The van der Waals surface area contributed by atoms with E-state index in [1.807, 2.05) is 40.9 Å². The highest BCUT2D eigenvalue weighted by Gasteiger charge is 2.30. The summed E-state index contributed by atoms with van der Waals surface area (Å²) in [6.07, 6.45) is -0.102. The first-order chi connectivity index (χ1) is 12.3. The average Bonchev–Trinajstić information content (AvgIpc) is 3.11. The number of carbonyl (C=O) groups is 1. The van der Waals surface area contributed by atoms with Gasteiger partial charge in [0.1, 0.15) is 11.9 Å². The normalized spacial score (nSPS) is 20.2. The summed E-state index contributed by atoms with van der Waals surface area (Å²) < 4.78 is 13.0. The molecule has 2 aliphatic heterocycles. The molecule has 132 valence electrons. The van der Waals surface area contributed by atoms with Gasteiger partial charge in [0.15, 0.2) is 5.69 Å². The molecule has 3 heterocycles. The van der Waals surface area contributed by atoms with Crippen molar-refractivity contribution in [2.75, 3.05) is 31.7 Å². The van der Waals surface area contributed by atoms with Gasteiger partial charge < -0.3 is 14.4 Å². The van der Waals surface area contributed by atoms with Crippen LogP contribution in [-0.2, 0) is 17.9 Å². The fraction of sp³-hybridized carbons (Fsp3) is 0.471. The minimum atomic E-state index is -0.102. The number of hydrogen-bond acceptors (Lipinski definition) is 6. The lowest BCUT2D eigenvalue weighted by Gasteiger charge is -2.27. The van der Waals surface area contributed by atoms with Crippen LogP contribution in [-0.4, -0.2) is 57.5 Å². The Morgan fingerprint density at radius 2 is 2.04 bits per heavy atom. The molecule has 1 fully saturated rings. The first kappa shape index (κ1) is 16.4. The average molecular weight is 360 g/mol. The number of methoxy groups -OCH3 is 1. The number of thioether (sulfide) groups is 1. The van der Waals surface area contributed by atoms with Gasteiger partial charge in [-0.1, -0.05) is 17.3 Å². The molecule has 7 nitrogen and oxygen atoms in total. The van der Waals surface area contributed by atoms with Gasteiger partial charge in [0.05, 0.1) is 26.0 Å². The number of rotatable bonds is 3. The first-order valence-corrected chi connectivity index (χ1v) is 9.46. The highest BCUT2D eigenvalue weighted by atomic mass is 32.2. The van der Waals surface area contributed by atoms with Crippen molar-refractivity contribution >= 4 is 17.7 Å². The molecule has 4 rings (SSSR count). The number of carbonyl (C=O) groups excluding carboxylic acids is 1. The second-order valence-corrected chi connectivity index (χ2v) is 7.27. The molecule has 0 aliphatic carbocycles. The van der Waals surface area contributed by atoms with Gasteiger partial charge in [-0.3, -0.25) is 4.79 Å². The minimum Gasteiger partial charge on any atom is -0.497 e. The van der Waals surface area contributed by atoms with E-state index in [4.69, 9.17) is 9.47 Å². The quantitative estimate of drug-likeness (QED) is 0.831. The largest absolute Gasteiger partial charge is 0.497 e. The molecule has 8 heteroatoms. The van der Waals surface area contributed by atoms with E-state index in [1.54, 1.807) is 11.8 Å². The summed E-state index contributed by atoms with van der Waals surface area (Å²) in [5.74, 6) is 2.73. The van der Waals surface area contributed by atoms with E-state index < -0.39 is 0 Å². The van der Waals surface area contributed by atoms with Gasteiger partial charge in [-0.15, -0.1) is 5.10 Å². The summed E-state index contributed by atoms with van der Waals surface area (Å²) >= 11 is 1.87. The number of aromatic nitrogens is 3. The molecule has 1 atom stereocenters. The molecule has 0 spiro atoms. The zero-order valence-electron chi connectivity index (χ0n) is 14.1. The highest BCUT2D eigenvalue weighted by molar-refractivity contribution is 7.99. The smallest absolute Gasteiger partial charge is 0.276 e. The Kier molecular flexibility index (Phi) is 4.63.